The van der Waals surface area contributed by atoms with Gasteiger partial charge >= 0.3 is 7.44 Å². The second-order valence-corrected chi connectivity index (χ2v) is 18.3. The van der Waals surface area contributed by atoms with E-state index in [1.165, 1.54) is 47.2 Å². The van der Waals surface area contributed by atoms with Gasteiger partial charge in [-0.05, 0) is 101 Å². The lowest BCUT2D eigenvalue weighted by Gasteiger charge is -2.33. The number of rotatable bonds is 5. The van der Waals surface area contributed by atoms with E-state index in [0.29, 0.717) is 0 Å². The summed E-state index contributed by atoms with van der Waals surface area (Å²) in [5.74, 6) is 0. The molecule has 1 aliphatic heterocycles. The van der Waals surface area contributed by atoms with Crippen LogP contribution in [0, 0.1) is 0 Å². The molecule has 1 unspecified atom stereocenters. The van der Waals surface area contributed by atoms with Crippen LogP contribution in [-0.4, -0.2) is 4.57 Å². The first kappa shape index (κ1) is 33.3. The lowest BCUT2D eigenvalue weighted by molar-refractivity contribution is 0.582. The minimum Gasteiger partial charge on any atom is -0.308 e. The molecule has 3 heterocycles. The molecular formula is C52H34N3OPS. The van der Waals surface area contributed by atoms with Crippen LogP contribution in [0.1, 0.15) is 0 Å². The van der Waals surface area contributed by atoms with Crippen LogP contribution in [0.5, 0.6) is 0 Å². The number of para-hydroxylation sites is 3. The number of thiophene rings is 1. The van der Waals surface area contributed by atoms with E-state index in [1.54, 1.807) is 0 Å². The van der Waals surface area contributed by atoms with Crippen molar-refractivity contribution >= 4 is 99.6 Å². The lowest BCUT2D eigenvalue weighted by Crippen LogP contribution is -2.26. The standard InChI is InChI=1S/C52H34N3OPS/c56-57(40-23-11-4-12-24-40)54(38-19-7-2-8-20-38)46-32-30-36(34-47(46)55(57)39-21-9-3-10-22-39)35-29-31-45-44(33-35)49-41-25-13-14-26-42(41)50-43-27-15-16-28-48(43)58-52(50)51(49)53(45)37-17-5-1-6-18-37/h1-34H. The normalized spacial score (nSPS) is 15.3. The smallest absolute Gasteiger partial charge is 0.301 e. The molecule has 11 aromatic rings. The van der Waals surface area contributed by atoms with Gasteiger partial charge in [0.2, 0.25) is 0 Å². The molecule has 4 nitrogen and oxygen atoms in total. The molecule has 0 saturated carbocycles. The van der Waals surface area contributed by atoms with Gasteiger partial charge in [-0.3, -0.25) is 13.9 Å². The fourth-order valence-corrected chi connectivity index (χ4v) is 13.5. The van der Waals surface area contributed by atoms with Gasteiger partial charge < -0.3 is 4.57 Å². The molecule has 1 atom stereocenters. The van der Waals surface area contributed by atoms with E-state index in [9.17, 15) is 0 Å². The molecule has 0 bridgehead atoms. The number of anilines is 4. The summed E-state index contributed by atoms with van der Waals surface area (Å²) in [6, 6.07) is 72.2. The second-order valence-electron chi connectivity index (χ2n) is 14.9. The maximum atomic E-state index is 16.2. The summed E-state index contributed by atoms with van der Waals surface area (Å²) < 4.78 is 25.4. The molecule has 0 amide bonds. The molecule has 274 valence electrons. The Bertz CT molecular complexity index is 3440. The fraction of sp³-hybridized carbons (Fsp3) is 0. The summed E-state index contributed by atoms with van der Waals surface area (Å²) in [6.07, 6.45) is 0. The maximum Gasteiger partial charge on any atom is 0.301 e. The molecule has 0 N–H and O–H groups in total. The highest BCUT2D eigenvalue weighted by Gasteiger charge is 2.49. The number of fused-ring (bicyclic) bond motifs is 11. The Balaban J connectivity index is 1.15. The Morgan fingerprint density at radius 2 is 0.931 bits per heavy atom. The van der Waals surface area contributed by atoms with Crippen molar-refractivity contribution in [3.63, 3.8) is 0 Å². The molecule has 1 aliphatic rings. The summed E-state index contributed by atoms with van der Waals surface area (Å²) in [7, 11) is -3.48. The van der Waals surface area contributed by atoms with Gasteiger partial charge in [0.1, 0.15) is 0 Å². The lowest BCUT2D eigenvalue weighted by atomic mass is 9.97. The first-order chi connectivity index (χ1) is 28.7. The van der Waals surface area contributed by atoms with Crippen LogP contribution in [0.2, 0.25) is 0 Å². The number of hydrogen-bond acceptors (Lipinski definition) is 2. The van der Waals surface area contributed by atoms with Crippen molar-refractivity contribution in [1.29, 1.82) is 0 Å². The largest absolute Gasteiger partial charge is 0.308 e. The Morgan fingerprint density at radius 3 is 1.60 bits per heavy atom. The van der Waals surface area contributed by atoms with Crippen LogP contribution in [-0.2, 0) is 4.57 Å². The first-order valence-corrected chi connectivity index (χ1v) is 22.0. The Hall–Kier alpha value is -6.91. The zero-order valence-electron chi connectivity index (χ0n) is 31.2. The van der Waals surface area contributed by atoms with E-state index in [4.69, 9.17) is 0 Å². The molecule has 0 aliphatic carbocycles. The third-order valence-electron chi connectivity index (χ3n) is 11.7. The molecule has 2 aromatic heterocycles. The second kappa shape index (κ2) is 12.8. The predicted molar refractivity (Wildman–Crippen MR) is 247 cm³/mol. The van der Waals surface area contributed by atoms with Gasteiger partial charge in [0.25, 0.3) is 0 Å². The van der Waals surface area contributed by atoms with Crippen LogP contribution in [0.15, 0.2) is 206 Å². The highest BCUT2D eigenvalue weighted by Crippen LogP contribution is 2.70. The first-order valence-electron chi connectivity index (χ1n) is 19.6. The highest BCUT2D eigenvalue weighted by molar-refractivity contribution is 7.76. The number of hydrogen-bond donors (Lipinski definition) is 0. The molecule has 12 rings (SSSR count). The molecule has 58 heavy (non-hydrogen) atoms. The Morgan fingerprint density at radius 1 is 0.414 bits per heavy atom. The SMILES string of the molecule is O=P1(c2ccccc2)N(c2ccccc2)c2ccc(-c3ccc4c(c3)c3c5ccccc5c5c6ccccc6sc5c3n4-c3ccccc3)cc2N1c1ccccc1. The van der Waals surface area contributed by atoms with Crippen LogP contribution in [0.4, 0.5) is 22.7 Å². The third kappa shape index (κ3) is 4.72. The van der Waals surface area contributed by atoms with E-state index < -0.39 is 7.44 Å². The van der Waals surface area contributed by atoms with E-state index in [1.807, 2.05) is 78.1 Å². The molecule has 0 radical (unpaired) electrons. The van der Waals surface area contributed by atoms with Crippen LogP contribution in [0.25, 0.3) is 69.6 Å². The van der Waals surface area contributed by atoms with Crippen molar-refractivity contribution in [2.24, 2.45) is 0 Å². The average Bonchev–Trinajstić information content (AvgIpc) is 3.93. The number of aromatic nitrogens is 1. The molecule has 0 fully saturated rings. The van der Waals surface area contributed by atoms with Gasteiger partial charge in [0, 0.05) is 43.3 Å². The van der Waals surface area contributed by atoms with Crippen molar-refractivity contribution in [3.05, 3.63) is 206 Å². The van der Waals surface area contributed by atoms with Crippen molar-refractivity contribution in [2.45, 2.75) is 0 Å². The van der Waals surface area contributed by atoms with Crippen LogP contribution in [0.3, 0.4) is 0 Å². The van der Waals surface area contributed by atoms with Crippen molar-refractivity contribution in [3.8, 4) is 16.8 Å². The van der Waals surface area contributed by atoms with Gasteiger partial charge in [-0.2, -0.15) is 0 Å². The molecule has 6 heteroatoms. The van der Waals surface area contributed by atoms with Gasteiger partial charge in [-0.15, -0.1) is 11.3 Å². The summed E-state index contributed by atoms with van der Waals surface area (Å²) in [5.41, 5.74) is 9.28. The zero-order valence-corrected chi connectivity index (χ0v) is 32.9. The highest BCUT2D eigenvalue weighted by atomic mass is 32.1. The van der Waals surface area contributed by atoms with Gasteiger partial charge in [-0.25, -0.2) is 0 Å². The van der Waals surface area contributed by atoms with E-state index >= 15 is 4.57 Å². The molecule has 0 spiro atoms. The average molecular weight is 780 g/mol. The summed E-state index contributed by atoms with van der Waals surface area (Å²) in [5, 5.41) is 8.36. The number of benzene rings is 9. The van der Waals surface area contributed by atoms with Crippen molar-refractivity contribution in [1.82, 2.24) is 4.57 Å². The van der Waals surface area contributed by atoms with E-state index in [2.05, 4.69) is 153 Å². The Labute approximate surface area is 339 Å². The predicted octanol–water partition coefficient (Wildman–Crippen LogP) is 14.8. The Kier molecular flexibility index (Phi) is 7.34. The summed E-state index contributed by atoms with van der Waals surface area (Å²) in [6.45, 7) is 0. The van der Waals surface area contributed by atoms with Crippen LogP contribution >= 0.6 is 18.8 Å². The summed E-state index contributed by atoms with van der Waals surface area (Å²) in [4.78, 5) is 0. The maximum absolute atomic E-state index is 16.2. The quantitative estimate of drug-likeness (QED) is 0.163. The minimum absolute atomic E-state index is 0.773. The van der Waals surface area contributed by atoms with Gasteiger partial charge in [0.05, 0.1) is 32.4 Å². The van der Waals surface area contributed by atoms with E-state index in [0.717, 1.165) is 50.4 Å². The van der Waals surface area contributed by atoms with Crippen molar-refractivity contribution in [2.75, 3.05) is 9.34 Å². The van der Waals surface area contributed by atoms with Gasteiger partial charge in [-0.1, -0.05) is 127 Å². The van der Waals surface area contributed by atoms with Crippen molar-refractivity contribution < 1.29 is 4.57 Å². The minimum atomic E-state index is -3.48. The number of nitrogens with zero attached hydrogens (tertiary/aromatic N) is 3. The zero-order chi connectivity index (χ0) is 38.4. The van der Waals surface area contributed by atoms with Gasteiger partial charge in [0.15, 0.2) is 0 Å². The monoisotopic (exact) mass is 779 g/mol. The topological polar surface area (TPSA) is 28.5 Å². The van der Waals surface area contributed by atoms with E-state index in [-0.39, 0.29) is 0 Å². The summed E-state index contributed by atoms with van der Waals surface area (Å²) >= 11 is 1.88. The fourth-order valence-electron chi connectivity index (χ4n) is 9.22. The molecule has 9 aromatic carbocycles. The third-order valence-corrected chi connectivity index (χ3v) is 15.8. The van der Waals surface area contributed by atoms with Crippen LogP contribution < -0.4 is 14.6 Å². The molecular weight excluding hydrogens is 746 g/mol. The molecule has 0 saturated heterocycles.